The van der Waals surface area contributed by atoms with E-state index in [1.165, 1.54) is 11.8 Å². The highest BCUT2D eigenvalue weighted by Gasteiger charge is 2.31. The molecule has 1 rings (SSSR count). The number of carboxylic acids is 1. The second-order valence-electron chi connectivity index (χ2n) is 8.55. The van der Waals surface area contributed by atoms with Crippen LogP contribution in [0.3, 0.4) is 0 Å². The standard InChI is InChI=1S/C24H38N6O6S/c1-37-12-10-17(24(35)36)28-22(33)18(13-15-7-3-2-4-8-15)30-23(34)19(14-20(27)31)29-21(32)16(26)9-5-6-11-25/h2-4,7-8,16-19H,5-6,9-14,25-26H2,1H3,(H2,27,31)(H,28,33)(H,29,32)(H,30,34)(H,35,36). The first kappa shape index (κ1) is 31.9. The molecule has 0 heterocycles. The number of carbonyl (C=O) groups excluding carboxylic acids is 4. The van der Waals surface area contributed by atoms with Gasteiger partial charge >= 0.3 is 5.97 Å². The van der Waals surface area contributed by atoms with E-state index < -0.39 is 60.2 Å². The summed E-state index contributed by atoms with van der Waals surface area (Å²) in [5.41, 5.74) is 17.3. The molecule has 0 aliphatic rings. The molecule has 0 radical (unpaired) electrons. The molecular formula is C24H38N6O6S. The van der Waals surface area contributed by atoms with E-state index in [2.05, 4.69) is 16.0 Å². The zero-order valence-electron chi connectivity index (χ0n) is 21.0. The van der Waals surface area contributed by atoms with Crippen molar-refractivity contribution in [1.29, 1.82) is 0 Å². The number of carboxylic acid groups (broad SMARTS) is 1. The normalized spacial score (nSPS) is 14.0. The van der Waals surface area contributed by atoms with Gasteiger partial charge in [0.25, 0.3) is 0 Å². The molecule has 13 heteroatoms. The van der Waals surface area contributed by atoms with Gasteiger partial charge in [-0.15, -0.1) is 0 Å². The Labute approximate surface area is 220 Å². The first-order chi connectivity index (χ1) is 17.6. The van der Waals surface area contributed by atoms with Gasteiger partial charge in [-0.25, -0.2) is 4.79 Å². The van der Waals surface area contributed by atoms with E-state index in [4.69, 9.17) is 17.2 Å². The van der Waals surface area contributed by atoms with Crippen LogP contribution in [0.4, 0.5) is 0 Å². The molecule has 0 aliphatic heterocycles. The first-order valence-electron chi connectivity index (χ1n) is 12.0. The average Bonchev–Trinajstić information content (AvgIpc) is 2.85. The third-order valence-electron chi connectivity index (χ3n) is 5.49. The van der Waals surface area contributed by atoms with Crippen molar-refractivity contribution in [2.75, 3.05) is 18.6 Å². The summed E-state index contributed by atoms with van der Waals surface area (Å²) in [7, 11) is 0. The van der Waals surface area contributed by atoms with Crippen molar-refractivity contribution in [2.24, 2.45) is 17.2 Å². The lowest BCUT2D eigenvalue weighted by molar-refractivity contribution is -0.142. The Kier molecular flexibility index (Phi) is 14.9. The van der Waals surface area contributed by atoms with Crippen molar-refractivity contribution in [1.82, 2.24) is 16.0 Å². The Bertz CT molecular complexity index is 903. The van der Waals surface area contributed by atoms with E-state index in [9.17, 15) is 29.1 Å². The van der Waals surface area contributed by atoms with Crippen LogP contribution in [0.2, 0.25) is 0 Å². The molecule has 1 aromatic rings. The van der Waals surface area contributed by atoms with Crippen molar-refractivity contribution in [3.05, 3.63) is 35.9 Å². The van der Waals surface area contributed by atoms with Crippen molar-refractivity contribution in [3.63, 3.8) is 0 Å². The smallest absolute Gasteiger partial charge is 0.326 e. The minimum Gasteiger partial charge on any atom is -0.480 e. The number of aliphatic carboxylic acids is 1. The summed E-state index contributed by atoms with van der Waals surface area (Å²) in [5.74, 6) is -3.73. The molecule has 37 heavy (non-hydrogen) atoms. The summed E-state index contributed by atoms with van der Waals surface area (Å²) in [5, 5.41) is 16.9. The van der Waals surface area contributed by atoms with E-state index in [0.717, 1.165) is 0 Å². The fraction of sp³-hybridized carbons (Fsp3) is 0.542. The van der Waals surface area contributed by atoms with Gasteiger partial charge in [-0.1, -0.05) is 36.8 Å². The van der Waals surface area contributed by atoms with Gasteiger partial charge in [-0.2, -0.15) is 11.8 Å². The maximum atomic E-state index is 13.1. The molecule has 206 valence electrons. The number of nitrogens with one attached hydrogen (secondary N) is 3. The molecule has 0 aromatic heterocycles. The number of primary amides is 1. The Morgan fingerprint density at radius 3 is 2.05 bits per heavy atom. The quantitative estimate of drug-likeness (QED) is 0.112. The molecule has 4 unspecified atom stereocenters. The van der Waals surface area contributed by atoms with Crippen molar-refractivity contribution < 1.29 is 29.1 Å². The van der Waals surface area contributed by atoms with Crippen molar-refractivity contribution in [2.45, 2.75) is 62.7 Å². The number of unbranched alkanes of at least 4 members (excludes halogenated alkanes) is 1. The number of thioether (sulfide) groups is 1. The lowest BCUT2D eigenvalue weighted by Gasteiger charge is -2.25. The van der Waals surface area contributed by atoms with E-state index in [1.807, 2.05) is 6.26 Å². The van der Waals surface area contributed by atoms with E-state index >= 15 is 0 Å². The molecule has 12 nitrogen and oxygen atoms in total. The highest BCUT2D eigenvalue weighted by Crippen LogP contribution is 2.07. The molecule has 4 atom stereocenters. The molecule has 0 spiro atoms. The summed E-state index contributed by atoms with van der Waals surface area (Å²) < 4.78 is 0. The number of amides is 4. The minimum absolute atomic E-state index is 0.0448. The minimum atomic E-state index is -1.37. The molecule has 0 saturated carbocycles. The van der Waals surface area contributed by atoms with Gasteiger partial charge in [0.2, 0.25) is 23.6 Å². The maximum absolute atomic E-state index is 13.1. The van der Waals surface area contributed by atoms with Crippen LogP contribution < -0.4 is 33.2 Å². The third-order valence-corrected chi connectivity index (χ3v) is 6.13. The third kappa shape index (κ3) is 12.6. The van der Waals surface area contributed by atoms with Gasteiger partial charge in [0, 0.05) is 6.42 Å². The number of carbonyl (C=O) groups is 5. The van der Waals surface area contributed by atoms with E-state index in [-0.39, 0.29) is 12.8 Å². The molecule has 1 aromatic carbocycles. The fourth-order valence-electron chi connectivity index (χ4n) is 3.43. The van der Waals surface area contributed by atoms with Gasteiger partial charge in [0.05, 0.1) is 12.5 Å². The SMILES string of the molecule is CSCCC(NC(=O)C(Cc1ccccc1)NC(=O)C(CC(N)=O)NC(=O)C(N)CCCCN)C(=O)O. The monoisotopic (exact) mass is 538 g/mol. The predicted molar refractivity (Wildman–Crippen MR) is 141 cm³/mol. The Morgan fingerprint density at radius 1 is 0.892 bits per heavy atom. The molecule has 4 amide bonds. The molecule has 0 saturated heterocycles. The molecular weight excluding hydrogens is 500 g/mol. The van der Waals surface area contributed by atoms with Crippen LogP contribution in [0.15, 0.2) is 30.3 Å². The zero-order valence-corrected chi connectivity index (χ0v) is 21.8. The molecule has 0 aliphatic carbocycles. The first-order valence-corrected chi connectivity index (χ1v) is 13.4. The lowest BCUT2D eigenvalue weighted by Crippen LogP contribution is -2.58. The Hall–Kier alpha value is -3.16. The number of benzene rings is 1. The molecule has 0 bridgehead atoms. The Balaban J connectivity index is 3.06. The van der Waals surface area contributed by atoms with Gasteiger partial charge in [0.15, 0.2) is 0 Å². The molecule has 10 N–H and O–H groups in total. The molecule has 0 fully saturated rings. The highest BCUT2D eigenvalue weighted by atomic mass is 32.2. The maximum Gasteiger partial charge on any atom is 0.326 e. The van der Waals surface area contributed by atoms with Crippen LogP contribution in [0.25, 0.3) is 0 Å². The highest BCUT2D eigenvalue weighted by molar-refractivity contribution is 7.98. The van der Waals surface area contributed by atoms with Crippen LogP contribution in [-0.4, -0.2) is 77.4 Å². The van der Waals surface area contributed by atoms with Crippen molar-refractivity contribution >= 4 is 41.4 Å². The fourth-order valence-corrected chi connectivity index (χ4v) is 3.90. The number of rotatable bonds is 18. The topological polar surface area (TPSA) is 220 Å². The number of hydrogen-bond acceptors (Lipinski definition) is 8. The number of hydrogen-bond donors (Lipinski definition) is 7. The second kappa shape index (κ2) is 17.3. The average molecular weight is 539 g/mol. The summed E-state index contributed by atoms with van der Waals surface area (Å²) in [4.78, 5) is 61.9. The number of nitrogens with two attached hydrogens (primary N) is 3. The predicted octanol–water partition coefficient (Wildman–Crippen LogP) is -1.15. The summed E-state index contributed by atoms with van der Waals surface area (Å²) in [6, 6.07) is 4.17. The summed E-state index contributed by atoms with van der Waals surface area (Å²) in [6.45, 7) is 0.450. The summed E-state index contributed by atoms with van der Waals surface area (Å²) in [6.07, 6.45) is 3.16. The van der Waals surface area contributed by atoms with E-state index in [0.29, 0.717) is 37.1 Å². The van der Waals surface area contributed by atoms with Crippen LogP contribution in [0.5, 0.6) is 0 Å². The lowest BCUT2D eigenvalue weighted by atomic mass is 10.0. The van der Waals surface area contributed by atoms with Crippen LogP contribution in [0, 0.1) is 0 Å². The zero-order chi connectivity index (χ0) is 27.8. The van der Waals surface area contributed by atoms with Gasteiger partial charge < -0.3 is 38.3 Å². The van der Waals surface area contributed by atoms with Crippen LogP contribution in [0.1, 0.15) is 37.7 Å². The largest absolute Gasteiger partial charge is 0.480 e. The van der Waals surface area contributed by atoms with E-state index in [1.54, 1.807) is 30.3 Å². The Morgan fingerprint density at radius 2 is 1.49 bits per heavy atom. The van der Waals surface area contributed by atoms with Gasteiger partial charge in [-0.05, 0) is 43.4 Å². The van der Waals surface area contributed by atoms with Crippen molar-refractivity contribution in [3.8, 4) is 0 Å². The van der Waals surface area contributed by atoms with Crippen LogP contribution in [-0.2, 0) is 30.4 Å². The summed E-state index contributed by atoms with van der Waals surface area (Å²) >= 11 is 1.43. The second-order valence-corrected chi connectivity index (χ2v) is 9.54. The van der Waals surface area contributed by atoms with Gasteiger partial charge in [-0.3, -0.25) is 19.2 Å². The van der Waals surface area contributed by atoms with Crippen LogP contribution >= 0.6 is 11.8 Å². The van der Waals surface area contributed by atoms with Gasteiger partial charge in [0.1, 0.15) is 18.1 Å².